The topological polar surface area (TPSA) is 51.5 Å². The van der Waals surface area contributed by atoms with Crippen molar-refractivity contribution in [2.45, 2.75) is 26.0 Å². The van der Waals surface area contributed by atoms with Crippen molar-refractivity contribution < 1.29 is 18.3 Å². The third-order valence-electron chi connectivity index (χ3n) is 4.19. The summed E-state index contributed by atoms with van der Waals surface area (Å²) >= 11 is 0. The lowest BCUT2D eigenvalue weighted by Gasteiger charge is -2.07. The van der Waals surface area contributed by atoms with E-state index in [-0.39, 0.29) is 11.7 Å². The number of nitrogens with one attached hydrogen (secondary N) is 1. The van der Waals surface area contributed by atoms with Crippen molar-refractivity contribution in [3.05, 3.63) is 83.4 Å². The second-order valence-electron chi connectivity index (χ2n) is 6.28. The fourth-order valence-electron chi connectivity index (χ4n) is 2.84. The predicted octanol–water partition coefficient (Wildman–Crippen LogP) is 4.48. The maximum Gasteiger partial charge on any atom is 0.220 e. The first-order chi connectivity index (χ1) is 13.2. The van der Waals surface area contributed by atoms with E-state index in [1.165, 1.54) is 6.07 Å². The van der Waals surface area contributed by atoms with Gasteiger partial charge in [0, 0.05) is 26.5 Å². The van der Waals surface area contributed by atoms with Gasteiger partial charge in [0.15, 0.2) is 0 Å². The fourth-order valence-corrected chi connectivity index (χ4v) is 2.84. The number of aryl methyl sites for hydroxylation is 1. The zero-order valence-electron chi connectivity index (χ0n) is 15.2. The van der Waals surface area contributed by atoms with Crippen molar-refractivity contribution >= 4 is 5.91 Å². The smallest absolute Gasteiger partial charge is 0.220 e. The number of halogens is 1. The molecule has 0 aliphatic carbocycles. The molecule has 4 nitrogen and oxygen atoms in total. The van der Waals surface area contributed by atoms with Crippen molar-refractivity contribution in [2.24, 2.45) is 0 Å². The van der Waals surface area contributed by atoms with Gasteiger partial charge < -0.3 is 14.5 Å². The number of amides is 1. The Morgan fingerprint density at radius 1 is 1.07 bits per heavy atom. The Bertz CT molecular complexity index is 904. The van der Waals surface area contributed by atoms with Crippen molar-refractivity contribution in [3.63, 3.8) is 0 Å². The van der Waals surface area contributed by atoms with E-state index >= 15 is 0 Å². The SMILES string of the molecule is COCc1cccc(CNC(=O)CCc2ccc(-c3ccccc3F)o2)c1. The van der Waals surface area contributed by atoms with Gasteiger partial charge in [-0.2, -0.15) is 0 Å². The van der Waals surface area contributed by atoms with Crippen LogP contribution in [0.1, 0.15) is 23.3 Å². The van der Waals surface area contributed by atoms with Crippen molar-refractivity contribution in [1.82, 2.24) is 5.32 Å². The molecule has 1 aromatic heterocycles. The molecule has 140 valence electrons. The lowest BCUT2D eigenvalue weighted by Crippen LogP contribution is -2.23. The molecular formula is C22H22FNO3. The molecule has 0 bridgehead atoms. The van der Waals surface area contributed by atoms with Crippen LogP contribution < -0.4 is 5.32 Å². The molecule has 0 radical (unpaired) electrons. The fraction of sp³-hybridized carbons (Fsp3) is 0.227. The second-order valence-corrected chi connectivity index (χ2v) is 6.28. The van der Waals surface area contributed by atoms with E-state index < -0.39 is 0 Å². The molecule has 0 saturated heterocycles. The Morgan fingerprint density at radius 3 is 2.70 bits per heavy atom. The first-order valence-corrected chi connectivity index (χ1v) is 8.83. The first kappa shape index (κ1) is 18.9. The van der Waals surface area contributed by atoms with Crippen LogP contribution in [-0.4, -0.2) is 13.0 Å². The van der Waals surface area contributed by atoms with Crippen molar-refractivity contribution in [1.29, 1.82) is 0 Å². The Morgan fingerprint density at radius 2 is 1.89 bits per heavy atom. The molecule has 3 rings (SSSR count). The molecular weight excluding hydrogens is 345 g/mol. The number of carbonyl (C=O) groups is 1. The summed E-state index contributed by atoms with van der Waals surface area (Å²) in [6.45, 7) is 1.01. The minimum atomic E-state index is -0.327. The van der Waals surface area contributed by atoms with Crippen LogP contribution in [0.2, 0.25) is 0 Å². The van der Waals surface area contributed by atoms with Gasteiger partial charge >= 0.3 is 0 Å². The summed E-state index contributed by atoms with van der Waals surface area (Å²) in [6, 6.07) is 17.9. The maximum absolute atomic E-state index is 13.8. The first-order valence-electron chi connectivity index (χ1n) is 8.83. The van der Waals surface area contributed by atoms with E-state index in [1.54, 1.807) is 37.4 Å². The van der Waals surface area contributed by atoms with Gasteiger partial charge in [-0.25, -0.2) is 4.39 Å². The van der Waals surface area contributed by atoms with Gasteiger partial charge in [-0.15, -0.1) is 0 Å². The predicted molar refractivity (Wildman–Crippen MR) is 101 cm³/mol. The van der Waals surface area contributed by atoms with Gasteiger partial charge in [0.05, 0.1) is 12.2 Å². The number of benzene rings is 2. The largest absolute Gasteiger partial charge is 0.461 e. The van der Waals surface area contributed by atoms with Crippen LogP contribution in [0.25, 0.3) is 11.3 Å². The Hall–Kier alpha value is -2.92. The lowest BCUT2D eigenvalue weighted by molar-refractivity contribution is -0.121. The minimum Gasteiger partial charge on any atom is -0.461 e. The lowest BCUT2D eigenvalue weighted by atomic mass is 10.1. The monoisotopic (exact) mass is 367 g/mol. The van der Waals surface area contributed by atoms with E-state index in [2.05, 4.69) is 5.32 Å². The molecule has 0 spiro atoms. The van der Waals surface area contributed by atoms with E-state index in [0.717, 1.165) is 11.1 Å². The van der Waals surface area contributed by atoms with Crippen LogP contribution in [0.4, 0.5) is 4.39 Å². The summed E-state index contributed by atoms with van der Waals surface area (Å²) < 4.78 is 24.6. The molecule has 0 aliphatic heterocycles. The van der Waals surface area contributed by atoms with Crippen LogP contribution in [0.15, 0.2) is 65.1 Å². The number of rotatable bonds is 8. The molecule has 0 aliphatic rings. The molecule has 1 heterocycles. The summed E-state index contributed by atoms with van der Waals surface area (Å²) in [6.07, 6.45) is 0.770. The number of hydrogen-bond acceptors (Lipinski definition) is 3. The molecule has 0 atom stereocenters. The Kier molecular flexibility index (Phi) is 6.39. The zero-order valence-corrected chi connectivity index (χ0v) is 15.2. The Balaban J connectivity index is 1.50. The van der Waals surface area contributed by atoms with Crippen LogP contribution in [-0.2, 0) is 29.1 Å². The van der Waals surface area contributed by atoms with Gasteiger partial charge in [-0.1, -0.05) is 36.4 Å². The zero-order chi connectivity index (χ0) is 19.1. The van der Waals surface area contributed by atoms with Gasteiger partial charge in [-0.05, 0) is 35.4 Å². The normalized spacial score (nSPS) is 10.7. The molecule has 3 aromatic rings. The highest BCUT2D eigenvalue weighted by atomic mass is 19.1. The molecule has 2 aromatic carbocycles. The molecule has 0 unspecified atom stereocenters. The number of furan rings is 1. The third kappa shape index (κ3) is 5.28. The van der Waals surface area contributed by atoms with Gasteiger partial charge in [0.25, 0.3) is 0 Å². The van der Waals surface area contributed by atoms with Gasteiger partial charge in [0.2, 0.25) is 5.91 Å². The van der Waals surface area contributed by atoms with Crippen molar-refractivity contribution in [3.8, 4) is 11.3 Å². The third-order valence-corrected chi connectivity index (χ3v) is 4.19. The molecule has 27 heavy (non-hydrogen) atoms. The van der Waals surface area contributed by atoms with Gasteiger partial charge in [0.1, 0.15) is 17.3 Å². The summed E-state index contributed by atoms with van der Waals surface area (Å²) in [5, 5.41) is 2.90. The van der Waals surface area contributed by atoms with Crippen LogP contribution in [0, 0.1) is 5.82 Å². The van der Waals surface area contributed by atoms with E-state index in [9.17, 15) is 9.18 Å². The Labute approximate surface area is 158 Å². The molecule has 0 saturated carbocycles. The quantitative estimate of drug-likeness (QED) is 0.639. The highest BCUT2D eigenvalue weighted by molar-refractivity contribution is 5.76. The second kappa shape index (κ2) is 9.14. The summed E-state index contributed by atoms with van der Waals surface area (Å²) in [7, 11) is 1.65. The number of hydrogen-bond donors (Lipinski definition) is 1. The number of methoxy groups -OCH3 is 1. The van der Waals surface area contributed by atoms with Crippen LogP contribution in [0.3, 0.4) is 0 Å². The minimum absolute atomic E-state index is 0.0593. The molecule has 1 N–H and O–H groups in total. The highest BCUT2D eigenvalue weighted by Gasteiger charge is 2.10. The van der Waals surface area contributed by atoms with Crippen LogP contribution in [0.5, 0.6) is 0 Å². The summed E-state index contributed by atoms with van der Waals surface area (Å²) in [4.78, 5) is 12.1. The van der Waals surface area contributed by atoms with Gasteiger partial charge in [-0.3, -0.25) is 4.79 Å². The van der Waals surface area contributed by atoms with Crippen LogP contribution >= 0.6 is 0 Å². The van der Waals surface area contributed by atoms with E-state index in [0.29, 0.717) is 43.1 Å². The molecule has 0 fully saturated rings. The van der Waals surface area contributed by atoms with E-state index in [4.69, 9.17) is 9.15 Å². The molecule has 5 heteroatoms. The average molecular weight is 367 g/mol. The standard InChI is InChI=1S/C22H22FNO3/c1-26-15-17-6-4-5-16(13-17)14-24-22(25)12-10-18-9-11-21(27-18)19-7-2-3-8-20(19)23/h2-9,11,13H,10,12,14-15H2,1H3,(H,24,25). The summed E-state index contributed by atoms with van der Waals surface area (Å²) in [5.74, 6) is 0.742. The summed E-state index contributed by atoms with van der Waals surface area (Å²) in [5.41, 5.74) is 2.52. The average Bonchev–Trinajstić information content (AvgIpc) is 3.14. The maximum atomic E-state index is 13.8. The number of carbonyl (C=O) groups excluding carboxylic acids is 1. The van der Waals surface area contributed by atoms with Crippen molar-refractivity contribution in [2.75, 3.05) is 7.11 Å². The molecule has 1 amide bonds. The highest BCUT2D eigenvalue weighted by Crippen LogP contribution is 2.25. The van der Waals surface area contributed by atoms with E-state index in [1.807, 2.05) is 24.3 Å². The number of ether oxygens (including phenoxy) is 1.